The largest absolute Gasteiger partial charge is 0.291 e. The Morgan fingerprint density at radius 1 is 1.44 bits per heavy atom. The topological polar surface area (TPSA) is 15.3 Å². The fourth-order valence-corrected chi connectivity index (χ4v) is 2.12. The third-order valence-corrected chi connectivity index (χ3v) is 3.49. The van der Waals surface area contributed by atoms with Gasteiger partial charge in [0.25, 0.3) is 0 Å². The van der Waals surface area contributed by atoms with Crippen molar-refractivity contribution in [3.8, 4) is 0 Å². The van der Waals surface area contributed by atoms with Crippen LogP contribution in [0.3, 0.4) is 0 Å². The molecule has 2 unspecified atom stereocenters. The predicted octanol–water partition coefficient (Wildman–Crippen LogP) is 2.48. The van der Waals surface area contributed by atoms with Gasteiger partial charge >= 0.3 is 0 Å². The quantitative estimate of drug-likeness (QED) is 0.385. The summed E-state index contributed by atoms with van der Waals surface area (Å²) in [6, 6.07) is 0.342. The van der Waals surface area contributed by atoms with Crippen molar-refractivity contribution in [1.29, 1.82) is 0 Å². The van der Waals surface area contributed by atoms with Crippen LogP contribution in [0.2, 0.25) is 18.9 Å². The second kappa shape index (κ2) is 7.97. The minimum Gasteiger partial charge on any atom is -0.291 e. The molecule has 2 atom stereocenters. The highest BCUT2D eigenvalue weighted by molar-refractivity contribution is 6.70. The van der Waals surface area contributed by atoms with E-state index in [0.29, 0.717) is 6.04 Å². The molecule has 0 aromatic heterocycles. The van der Waals surface area contributed by atoms with Crippen LogP contribution in [0.5, 0.6) is 0 Å². The summed E-state index contributed by atoms with van der Waals surface area (Å²) in [4.78, 5) is 2.21. The van der Waals surface area contributed by atoms with Crippen LogP contribution in [0.25, 0.3) is 0 Å². The van der Waals surface area contributed by atoms with Crippen molar-refractivity contribution in [2.45, 2.75) is 52.6 Å². The van der Waals surface area contributed by atoms with E-state index in [4.69, 9.17) is 0 Å². The van der Waals surface area contributed by atoms with E-state index in [2.05, 4.69) is 58.5 Å². The van der Waals surface area contributed by atoms with Crippen molar-refractivity contribution >= 4 is 14.1 Å². The van der Waals surface area contributed by atoms with E-state index in [1.54, 1.807) is 0 Å². The minimum absolute atomic E-state index is 0.342. The second-order valence-electron chi connectivity index (χ2n) is 5.33. The van der Waals surface area contributed by atoms with Gasteiger partial charge in [-0.3, -0.25) is 10.3 Å². The third-order valence-electron chi connectivity index (χ3n) is 3.49. The van der Waals surface area contributed by atoms with Gasteiger partial charge in [-0.1, -0.05) is 51.6 Å². The first-order valence-corrected chi connectivity index (χ1v) is 6.52. The molecule has 0 radical (unpaired) electrons. The van der Waals surface area contributed by atoms with Gasteiger partial charge in [0.1, 0.15) is 6.71 Å². The van der Waals surface area contributed by atoms with E-state index in [0.717, 1.165) is 25.8 Å². The van der Waals surface area contributed by atoms with Gasteiger partial charge in [-0.2, -0.15) is 0 Å². The summed E-state index contributed by atoms with van der Waals surface area (Å²) < 4.78 is 0. The molecule has 0 saturated heterocycles. The highest BCUT2D eigenvalue weighted by atomic mass is 15.5. The number of hydrazine groups is 1. The average Bonchev–Trinajstić information content (AvgIpc) is 2.24. The molecule has 92 valence electrons. The predicted molar refractivity (Wildman–Crippen MR) is 78.4 cm³/mol. The zero-order chi connectivity index (χ0) is 12.7. The lowest BCUT2D eigenvalue weighted by Crippen LogP contribution is -2.46. The highest BCUT2D eigenvalue weighted by Gasteiger charge is 2.25. The Hall–Kier alpha value is -0.210. The summed E-state index contributed by atoms with van der Waals surface area (Å²) in [5.41, 5.74) is 4.16. The van der Waals surface area contributed by atoms with E-state index in [-0.39, 0.29) is 0 Å². The van der Waals surface area contributed by atoms with Crippen LogP contribution in [-0.2, 0) is 0 Å². The van der Waals surface area contributed by atoms with Crippen molar-refractivity contribution in [3.63, 3.8) is 0 Å². The molecular weight excluding hydrogens is 194 g/mol. The summed E-state index contributed by atoms with van der Waals surface area (Å²) in [6.45, 7) is 16.0. The van der Waals surface area contributed by atoms with Gasteiger partial charge in [0.05, 0.1) is 0 Å². The van der Waals surface area contributed by atoms with E-state index >= 15 is 0 Å². The molecule has 0 aliphatic heterocycles. The standard InChI is InChI=1S/C12H28B2N2/c1-8-11(5)15-16(7)13-12(10(3)4)14(6)9-2/h8,10-13,15H,1,9H2,2-7H3. The van der Waals surface area contributed by atoms with E-state index in [1.807, 2.05) is 6.08 Å². The number of nitrogens with zero attached hydrogens (tertiary/aromatic N) is 1. The zero-order valence-electron chi connectivity index (χ0n) is 12.0. The Morgan fingerprint density at radius 3 is 2.38 bits per heavy atom. The number of hydrogen-bond acceptors (Lipinski definition) is 2. The molecule has 0 spiro atoms. The molecule has 0 amide bonds. The van der Waals surface area contributed by atoms with Crippen molar-refractivity contribution in [1.82, 2.24) is 10.3 Å². The monoisotopic (exact) mass is 222 g/mol. The molecule has 0 aliphatic carbocycles. The van der Waals surface area contributed by atoms with Crippen molar-refractivity contribution in [2.24, 2.45) is 5.92 Å². The van der Waals surface area contributed by atoms with Gasteiger partial charge in [0, 0.05) is 6.04 Å². The fourth-order valence-electron chi connectivity index (χ4n) is 2.12. The lowest BCUT2D eigenvalue weighted by molar-refractivity contribution is 0.358. The van der Waals surface area contributed by atoms with Gasteiger partial charge in [-0.25, -0.2) is 0 Å². The minimum atomic E-state index is 0.342. The van der Waals surface area contributed by atoms with Crippen LogP contribution in [0.4, 0.5) is 0 Å². The lowest BCUT2D eigenvalue weighted by Gasteiger charge is -2.30. The number of hydrogen-bond donors (Lipinski definition) is 1. The van der Waals surface area contributed by atoms with Crippen LogP contribution < -0.4 is 5.43 Å². The van der Waals surface area contributed by atoms with Gasteiger partial charge in [-0.15, -0.1) is 6.58 Å². The molecule has 1 N–H and O–H groups in total. The van der Waals surface area contributed by atoms with Gasteiger partial charge < -0.3 is 0 Å². The van der Waals surface area contributed by atoms with Crippen LogP contribution >= 0.6 is 0 Å². The van der Waals surface area contributed by atoms with Gasteiger partial charge in [-0.05, 0) is 14.0 Å². The maximum atomic E-state index is 3.79. The Labute approximate surface area is 103 Å². The normalized spacial score (nSPS) is 15.0. The Balaban J connectivity index is 4.23. The van der Waals surface area contributed by atoms with E-state index in [1.165, 1.54) is 6.32 Å². The molecule has 2 nitrogen and oxygen atoms in total. The van der Waals surface area contributed by atoms with Crippen molar-refractivity contribution < 1.29 is 0 Å². The average molecular weight is 222 g/mol. The Bertz CT molecular complexity index is 197. The molecule has 0 aromatic carbocycles. The molecule has 0 aromatic rings. The first-order valence-electron chi connectivity index (χ1n) is 6.52. The van der Waals surface area contributed by atoms with Gasteiger partial charge in [0.2, 0.25) is 7.41 Å². The molecule has 0 fully saturated rings. The molecule has 0 bridgehead atoms. The summed E-state index contributed by atoms with van der Waals surface area (Å²) in [7, 11) is 3.22. The molecule has 16 heavy (non-hydrogen) atoms. The summed E-state index contributed by atoms with van der Waals surface area (Å²) in [5, 5.41) is 0. The molecular formula is C12H28B2N2. The smallest absolute Gasteiger partial charge is 0.219 e. The lowest BCUT2D eigenvalue weighted by atomic mass is 9.31. The Kier molecular flexibility index (Phi) is 7.86. The molecule has 0 heterocycles. The first-order chi connectivity index (χ1) is 7.42. The molecule has 4 heteroatoms. The van der Waals surface area contributed by atoms with E-state index < -0.39 is 0 Å². The number of rotatable bonds is 8. The molecule has 0 saturated carbocycles. The summed E-state index contributed by atoms with van der Waals surface area (Å²) in [5.74, 6) is 0.734. The van der Waals surface area contributed by atoms with Gasteiger partial charge in [0.15, 0.2) is 0 Å². The summed E-state index contributed by atoms with van der Waals surface area (Å²) in [6.07, 6.45) is 3.19. The van der Waals surface area contributed by atoms with Crippen molar-refractivity contribution in [3.05, 3.63) is 12.7 Å². The summed E-state index contributed by atoms with van der Waals surface area (Å²) >= 11 is 0. The third kappa shape index (κ3) is 5.76. The Morgan fingerprint density at radius 2 is 2.00 bits per heavy atom. The highest BCUT2D eigenvalue weighted by Crippen LogP contribution is 2.22. The molecule has 0 aliphatic rings. The first kappa shape index (κ1) is 15.8. The van der Waals surface area contributed by atoms with E-state index in [9.17, 15) is 0 Å². The van der Waals surface area contributed by atoms with Crippen LogP contribution in [0.15, 0.2) is 12.7 Å². The van der Waals surface area contributed by atoms with Crippen LogP contribution in [0.1, 0.15) is 27.7 Å². The van der Waals surface area contributed by atoms with Crippen LogP contribution in [-0.4, -0.2) is 32.1 Å². The zero-order valence-corrected chi connectivity index (χ0v) is 12.0. The van der Waals surface area contributed by atoms with Crippen LogP contribution in [0, 0.1) is 5.92 Å². The van der Waals surface area contributed by atoms with Crippen molar-refractivity contribution in [2.75, 3.05) is 7.05 Å². The SMILES string of the molecule is C=CC(C)NN(C)BC(B(C)CC)C(C)C. The fraction of sp³-hybridized carbons (Fsp3) is 0.833. The maximum Gasteiger partial charge on any atom is 0.219 e. The molecule has 0 rings (SSSR count). The second-order valence-corrected chi connectivity index (χ2v) is 5.33. The maximum absolute atomic E-state index is 3.79. The number of nitrogens with one attached hydrogen (secondary N) is 1.